The van der Waals surface area contributed by atoms with E-state index in [1.165, 1.54) is 51.1 Å². The minimum atomic E-state index is -0.998. The van der Waals surface area contributed by atoms with Crippen molar-refractivity contribution < 1.29 is 13.9 Å². The Kier molecular flexibility index (Phi) is 6.65. The molecule has 1 aliphatic carbocycles. The van der Waals surface area contributed by atoms with Gasteiger partial charge in [-0.15, -0.1) is 0 Å². The average molecular weight is 426 g/mol. The van der Waals surface area contributed by atoms with Gasteiger partial charge >= 0.3 is 0 Å². The molecule has 2 heterocycles. The molecule has 0 spiro atoms. The summed E-state index contributed by atoms with van der Waals surface area (Å²) in [5.41, 5.74) is 0.240. The number of pyridine rings is 1. The quantitative estimate of drug-likeness (QED) is 0.377. The second-order valence-corrected chi connectivity index (χ2v) is 7.53. The van der Waals surface area contributed by atoms with Crippen LogP contribution >= 0.6 is 0 Å². The number of hydrogen-bond donors (Lipinski definition) is 4. The fourth-order valence-electron chi connectivity index (χ4n) is 2.99. The smallest absolute Gasteiger partial charge is 0.148 e. The maximum absolute atomic E-state index is 14.9. The SMILES string of the molecule is CC(=N)c1ccc(=N)n(C(=N)C(C)c2c(F)cc3ncccc3c2F)n1.OCC1CC1. The van der Waals surface area contributed by atoms with Crippen LogP contribution in [0.2, 0.25) is 0 Å². The Balaban J connectivity index is 0.000000478. The van der Waals surface area contributed by atoms with Crippen LogP contribution in [0.5, 0.6) is 0 Å². The first kappa shape index (κ1) is 22.4. The van der Waals surface area contributed by atoms with Gasteiger partial charge < -0.3 is 10.5 Å². The molecule has 162 valence electrons. The highest BCUT2D eigenvalue weighted by atomic mass is 19.1. The second-order valence-electron chi connectivity index (χ2n) is 7.53. The first-order valence-electron chi connectivity index (χ1n) is 9.87. The van der Waals surface area contributed by atoms with Crippen molar-refractivity contribution in [2.24, 2.45) is 5.92 Å². The van der Waals surface area contributed by atoms with E-state index < -0.39 is 17.6 Å². The van der Waals surface area contributed by atoms with Gasteiger partial charge in [0.1, 0.15) is 28.7 Å². The summed E-state index contributed by atoms with van der Waals surface area (Å²) in [5.74, 6) is -2.16. The van der Waals surface area contributed by atoms with E-state index in [1.807, 2.05) is 0 Å². The van der Waals surface area contributed by atoms with Gasteiger partial charge in [-0.2, -0.15) is 5.10 Å². The van der Waals surface area contributed by atoms with Gasteiger partial charge in [0, 0.05) is 35.7 Å². The minimum absolute atomic E-state index is 0.116. The van der Waals surface area contributed by atoms with Crippen LogP contribution in [0, 0.1) is 33.8 Å². The molecule has 0 aliphatic heterocycles. The Morgan fingerprint density at radius 2 is 1.97 bits per heavy atom. The molecule has 1 saturated carbocycles. The fraction of sp³-hybridized carbons (Fsp3) is 0.318. The van der Waals surface area contributed by atoms with Crippen LogP contribution in [0.15, 0.2) is 36.5 Å². The van der Waals surface area contributed by atoms with Crippen LogP contribution in [0.25, 0.3) is 10.9 Å². The summed E-state index contributed by atoms with van der Waals surface area (Å²) >= 11 is 0. The number of hydrogen-bond acceptors (Lipinski definition) is 6. The fourth-order valence-corrected chi connectivity index (χ4v) is 2.99. The van der Waals surface area contributed by atoms with E-state index in [4.69, 9.17) is 21.3 Å². The van der Waals surface area contributed by atoms with E-state index in [0.29, 0.717) is 12.5 Å². The summed E-state index contributed by atoms with van der Waals surface area (Å²) in [6.07, 6.45) is 3.97. The maximum Gasteiger partial charge on any atom is 0.148 e. The normalized spacial score (nSPS) is 14.0. The third-order valence-electron chi connectivity index (χ3n) is 5.08. The largest absolute Gasteiger partial charge is 0.396 e. The molecule has 0 saturated heterocycles. The number of halogens is 2. The number of rotatable bonds is 4. The highest BCUT2D eigenvalue weighted by molar-refractivity contribution is 5.95. The molecule has 2 aromatic heterocycles. The molecule has 1 aromatic carbocycles. The van der Waals surface area contributed by atoms with E-state index in [-0.39, 0.29) is 39.2 Å². The zero-order valence-electron chi connectivity index (χ0n) is 17.3. The molecule has 1 aliphatic rings. The van der Waals surface area contributed by atoms with Gasteiger partial charge in [0.2, 0.25) is 0 Å². The lowest BCUT2D eigenvalue weighted by molar-refractivity contribution is 0.277. The molecule has 4 N–H and O–H groups in total. The molecule has 9 heteroatoms. The van der Waals surface area contributed by atoms with Gasteiger partial charge in [-0.3, -0.25) is 15.8 Å². The maximum atomic E-state index is 14.9. The van der Waals surface area contributed by atoms with Gasteiger partial charge in [-0.05, 0) is 49.9 Å². The van der Waals surface area contributed by atoms with Crippen molar-refractivity contribution >= 4 is 22.5 Å². The molecule has 3 aromatic rings. The number of nitrogens with zero attached hydrogens (tertiary/aromatic N) is 3. The summed E-state index contributed by atoms with van der Waals surface area (Å²) in [7, 11) is 0. The molecule has 0 bridgehead atoms. The monoisotopic (exact) mass is 426 g/mol. The van der Waals surface area contributed by atoms with Crippen LogP contribution in [0.3, 0.4) is 0 Å². The third-order valence-corrected chi connectivity index (χ3v) is 5.08. The van der Waals surface area contributed by atoms with Crippen molar-refractivity contribution in [2.75, 3.05) is 6.61 Å². The first-order valence-corrected chi connectivity index (χ1v) is 9.87. The van der Waals surface area contributed by atoms with Crippen molar-refractivity contribution in [3.05, 3.63) is 64.9 Å². The lowest BCUT2D eigenvalue weighted by Crippen LogP contribution is -2.33. The topological polar surface area (TPSA) is 122 Å². The predicted octanol–water partition coefficient (Wildman–Crippen LogP) is 3.59. The number of aliphatic hydroxyl groups is 1. The summed E-state index contributed by atoms with van der Waals surface area (Å²) in [6, 6.07) is 7.06. The first-order chi connectivity index (χ1) is 14.7. The number of fused-ring (bicyclic) bond motifs is 1. The lowest BCUT2D eigenvalue weighted by atomic mass is 9.96. The molecule has 0 amide bonds. The van der Waals surface area contributed by atoms with Gasteiger partial charge in [0.05, 0.1) is 11.2 Å². The van der Waals surface area contributed by atoms with E-state index in [0.717, 1.165) is 10.7 Å². The van der Waals surface area contributed by atoms with Crippen LogP contribution < -0.4 is 5.49 Å². The van der Waals surface area contributed by atoms with Gasteiger partial charge in [0.15, 0.2) is 0 Å². The summed E-state index contributed by atoms with van der Waals surface area (Å²) in [5, 5.41) is 36.3. The van der Waals surface area contributed by atoms with Crippen molar-refractivity contribution in [1.29, 1.82) is 16.2 Å². The van der Waals surface area contributed by atoms with E-state index in [2.05, 4.69) is 10.1 Å². The standard InChI is InChI=1S/C18H16F2N6.C4H8O/c1-9(18(23)26-15(22)6-5-13(25-26)10(2)21)16-12(19)8-14-11(17(16)20)4-3-7-24-14;5-3-4-1-2-4/h3-9,21-23H,1-2H3;4-5H,1-3H2. The molecule has 4 rings (SSSR count). The predicted molar refractivity (Wildman–Crippen MR) is 114 cm³/mol. The summed E-state index contributed by atoms with van der Waals surface area (Å²) < 4.78 is 30.4. The van der Waals surface area contributed by atoms with Crippen molar-refractivity contribution in [1.82, 2.24) is 14.8 Å². The lowest BCUT2D eigenvalue weighted by Gasteiger charge is -2.18. The Bertz CT molecular complexity index is 1200. The van der Waals surface area contributed by atoms with Gasteiger partial charge in [-0.25, -0.2) is 13.5 Å². The van der Waals surface area contributed by atoms with E-state index in [9.17, 15) is 8.78 Å². The molecule has 1 atom stereocenters. The Morgan fingerprint density at radius 1 is 1.26 bits per heavy atom. The van der Waals surface area contributed by atoms with Crippen LogP contribution in [-0.2, 0) is 0 Å². The second kappa shape index (κ2) is 9.22. The number of nitrogens with one attached hydrogen (secondary N) is 3. The molecule has 1 fully saturated rings. The van der Waals surface area contributed by atoms with Crippen molar-refractivity contribution in [3.63, 3.8) is 0 Å². The Morgan fingerprint density at radius 3 is 2.55 bits per heavy atom. The van der Waals surface area contributed by atoms with Gasteiger partial charge in [-0.1, -0.05) is 6.92 Å². The molecule has 1 unspecified atom stereocenters. The van der Waals surface area contributed by atoms with Crippen molar-refractivity contribution in [2.45, 2.75) is 32.6 Å². The highest BCUT2D eigenvalue weighted by Crippen LogP contribution is 2.29. The summed E-state index contributed by atoms with van der Waals surface area (Å²) in [6.45, 7) is 3.42. The summed E-state index contributed by atoms with van der Waals surface area (Å²) in [4.78, 5) is 3.95. The number of aromatic nitrogens is 3. The number of aliphatic hydroxyl groups excluding tert-OH is 1. The molecule has 0 radical (unpaired) electrons. The minimum Gasteiger partial charge on any atom is -0.396 e. The van der Waals surface area contributed by atoms with E-state index >= 15 is 0 Å². The molecule has 31 heavy (non-hydrogen) atoms. The van der Waals surface area contributed by atoms with Gasteiger partial charge in [0.25, 0.3) is 0 Å². The van der Waals surface area contributed by atoms with E-state index in [1.54, 1.807) is 6.07 Å². The van der Waals surface area contributed by atoms with Crippen LogP contribution in [0.4, 0.5) is 8.78 Å². The molecular weight excluding hydrogens is 402 g/mol. The van der Waals surface area contributed by atoms with Crippen molar-refractivity contribution in [3.8, 4) is 0 Å². The Labute approximate surface area is 177 Å². The van der Waals surface area contributed by atoms with Crippen LogP contribution in [0.1, 0.15) is 43.9 Å². The number of benzene rings is 1. The Hall–Kier alpha value is -3.33. The van der Waals surface area contributed by atoms with Crippen LogP contribution in [-0.4, -0.2) is 38.0 Å². The zero-order valence-corrected chi connectivity index (χ0v) is 17.3. The zero-order chi connectivity index (χ0) is 22.7. The molecule has 7 nitrogen and oxygen atoms in total. The molecular formula is C22H24F2N6O. The average Bonchev–Trinajstić information content (AvgIpc) is 3.58. The third kappa shape index (κ3) is 4.88. The highest BCUT2D eigenvalue weighted by Gasteiger charge is 2.24.